The number of thioether (sulfide) groups is 2. The summed E-state index contributed by atoms with van der Waals surface area (Å²) in [5.74, 6) is 1.97. The van der Waals surface area contributed by atoms with E-state index in [0.717, 1.165) is 110 Å². The number of ether oxygens (including phenoxy) is 1. The third-order valence-electron chi connectivity index (χ3n) is 9.74. The van der Waals surface area contributed by atoms with E-state index in [9.17, 15) is 28.5 Å². The van der Waals surface area contributed by atoms with Crippen molar-refractivity contribution in [1.82, 2.24) is 14.7 Å². The first-order valence-electron chi connectivity index (χ1n) is 21.4. The highest BCUT2D eigenvalue weighted by atomic mass is 32.2. The monoisotopic (exact) mass is 928 g/mol. The molecule has 4 heterocycles. The van der Waals surface area contributed by atoms with Gasteiger partial charge in [0.2, 0.25) is 11.8 Å². The molecule has 2 N–H and O–H groups in total. The lowest BCUT2D eigenvalue weighted by atomic mass is 9.99. The average Bonchev–Trinajstić information content (AvgIpc) is 3.93. The Morgan fingerprint density at radius 2 is 1.46 bits per heavy atom. The fourth-order valence-corrected chi connectivity index (χ4v) is 10.8. The van der Waals surface area contributed by atoms with Crippen molar-refractivity contribution in [2.24, 2.45) is 17.6 Å². The van der Waals surface area contributed by atoms with Crippen LogP contribution in [0.1, 0.15) is 101 Å². The van der Waals surface area contributed by atoms with Crippen molar-refractivity contribution in [2.45, 2.75) is 91.6 Å². The lowest BCUT2D eigenvalue weighted by molar-refractivity contribution is -0.144. The van der Waals surface area contributed by atoms with Gasteiger partial charge in [-0.2, -0.15) is 0 Å². The van der Waals surface area contributed by atoms with Crippen molar-refractivity contribution in [3.63, 3.8) is 0 Å². The Morgan fingerprint density at radius 1 is 0.885 bits per heavy atom. The Labute approximate surface area is 375 Å². The van der Waals surface area contributed by atoms with Gasteiger partial charge in [-0.05, 0) is 74.2 Å². The summed E-state index contributed by atoms with van der Waals surface area (Å²) in [5, 5.41) is 0.992. The molecule has 61 heavy (non-hydrogen) atoms. The number of nitrogens with two attached hydrogens (primary N) is 1. The van der Waals surface area contributed by atoms with E-state index >= 15 is 0 Å². The Balaban J connectivity index is 0.000000371. The SMILES string of the molecule is C=O.CC(C)CCCC(=O)N1CCCC1.CCCC(=O)SCCOP(=O)(Cc1ccc2sc(C(N)=O)cc2c1)OCCSC(=O)CCC.CN1CC(C(=O)N2CCOCC2)C1. The van der Waals surface area contributed by atoms with E-state index in [1.165, 1.54) is 30.6 Å². The van der Waals surface area contributed by atoms with Crippen LogP contribution in [0.2, 0.25) is 0 Å². The molecule has 0 bridgehead atoms. The van der Waals surface area contributed by atoms with E-state index in [1.54, 1.807) is 6.07 Å². The van der Waals surface area contributed by atoms with Crippen LogP contribution in [-0.4, -0.2) is 134 Å². The van der Waals surface area contributed by atoms with Gasteiger partial charge in [-0.15, -0.1) is 11.3 Å². The van der Waals surface area contributed by atoms with Crippen LogP contribution in [0, 0.1) is 11.8 Å². The van der Waals surface area contributed by atoms with Crippen molar-refractivity contribution < 1.29 is 47.1 Å². The van der Waals surface area contributed by atoms with Gasteiger partial charge in [0.25, 0.3) is 5.91 Å². The maximum absolute atomic E-state index is 13.5. The number of benzene rings is 1. The van der Waals surface area contributed by atoms with Crippen LogP contribution in [0.15, 0.2) is 24.3 Å². The standard InChI is InChI=1S/C22H30NO6PS3.C11H21NO.C9H16N2O2.CH2O/c1-3-5-20(24)31-11-9-28-30(27,29-10-12-32-21(25)6-4-2)15-16-7-8-18-17(13-16)14-19(33-18)22(23)26;1-10(2)6-5-7-11(13)12-8-3-4-9-12;1-10-6-8(7-10)9(12)11-2-4-13-5-3-11;1-2/h7-8,13-14H,3-6,9-12,15H2,1-2H3,(H2,23,26);10H,3-9H2,1-2H3;8H,2-7H2,1H3;1H2. The molecule has 14 nitrogen and oxygen atoms in total. The number of hydrogen-bond acceptors (Lipinski definition) is 14. The van der Waals surface area contributed by atoms with E-state index in [2.05, 4.69) is 18.7 Å². The summed E-state index contributed by atoms with van der Waals surface area (Å²) in [6.45, 7) is 17.3. The van der Waals surface area contributed by atoms with Gasteiger partial charge in [0.15, 0.2) is 10.2 Å². The molecule has 0 spiro atoms. The van der Waals surface area contributed by atoms with Crippen LogP contribution in [0.4, 0.5) is 0 Å². The largest absolute Gasteiger partial charge is 0.378 e. The van der Waals surface area contributed by atoms with Gasteiger partial charge >= 0.3 is 7.60 Å². The zero-order valence-corrected chi connectivity index (χ0v) is 40.2. The Bertz CT molecular complexity index is 1670. The van der Waals surface area contributed by atoms with E-state index in [1.807, 2.05) is 55.7 Å². The van der Waals surface area contributed by atoms with E-state index in [0.29, 0.717) is 54.3 Å². The van der Waals surface area contributed by atoms with Crippen LogP contribution < -0.4 is 5.73 Å². The van der Waals surface area contributed by atoms with Crippen molar-refractivity contribution in [2.75, 3.05) is 84.2 Å². The summed E-state index contributed by atoms with van der Waals surface area (Å²) in [7, 11) is -1.47. The number of amides is 3. The first-order chi connectivity index (χ1) is 29.2. The molecule has 344 valence electrons. The molecule has 1 aromatic heterocycles. The highest BCUT2D eigenvalue weighted by molar-refractivity contribution is 8.13. The maximum atomic E-state index is 13.5. The molecular weight excluding hydrogens is 860 g/mol. The molecule has 18 heteroatoms. The molecule has 1 aromatic carbocycles. The van der Waals surface area contributed by atoms with Crippen LogP contribution in [-0.2, 0) is 48.5 Å². The lowest BCUT2D eigenvalue weighted by Crippen LogP contribution is -2.54. The van der Waals surface area contributed by atoms with Gasteiger partial charge in [-0.25, -0.2) is 0 Å². The highest BCUT2D eigenvalue weighted by Crippen LogP contribution is 2.52. The average molecular weight is 929 g/mol. The Morgan fingerprint density at radius 3 is 1.97 bits per heavy atom. The molecule has 0 atom stereocenters. The number of likely N-dealkylation sites (tertiary alicyclic amines) is 2. The van der Waals surface area contributed by atoms with Crippen molar-refractivity contribution in [3.8, 4) is 0 Å². The summed E-state index contributed by atoms with van der Waals surface area (Å²) in [4.78, 5) is 72.8. The molecule has 3 aliphatic rings. The fraction of sp³-hybridized carbons (Fsp3) is 0.674. The second kappa shape index (κ2) is 30.5. The molecule has 0 aliphatic carbocycles. The predicted octanol–water partition coefficient (Wildman–Crippen LogP) is 7.50. The molecule has 3 fully saturated rings. The van der Waals surface area contributed by atoms with Crippen molar-refractivity contribution >= 4 is 87.3 Å². The number of morpholine rings is 1. The minimum absolute atomic E-state index is 0.0475. The van der Waals surface area contributed by atoms with Crippen LogP contribution >= 0.6 is 42.5 Å². The normalized spacial score (nSPS) is 15.5. The maximum Gasteiger partial charge on any atom is 0.335 e. The smallest absolute Gasteiger partial charge is 0.335 e. The topological polar surface area (TPSA) is 183 Å². The van der Waals surface area contributed by atoms with Crippen molar-refractivity contribution in [1.29, 1.82) is 0 Å². The number of thiophene rings is 1. The number of hydrogen-bond donors (Lipinski definition) is 1. The number of carbonyl (C=O) groups is 6. The molecule has 3 amide bonds. The molecule has 3 aliphatic heterocycles. The quantitative estimate of drug-likeness (QED) is 0.102. The van der Waals surface area contributed by atoms with Gasteiger partial charge in [0, 0.05) is 74.7 Å². The molecule has 2 aromatic rings. The van der Waals surface area contributed by atoms with Gasteiger partial charge in [0.05, 0.1) is 43.4 Å². The Hall–Kier alpha value is -2.63. The zero-order chi connectivity index (χ0) is 45.2. The van der Waals surface area contributed by atoms with E-state index in [4.69, 9.17) is 24.3 Å². The molecule has 0 unspecified atom stereocenters. The van der Waals surface area contributed by atoms with Gasteiger partial charge in [-0.3, -0.25) is 28.5 Å². The molecular formula is C43H69N4O10PS3. The van der Waals surface area contributed by atoms with E-state index < -0.39 is 13.5 Å². The molecule has 0 saturated carbocycles. The van der Waals surface area contributed by atoms with Gasteiger partial charge < -0.3 is 39.0 Å². The lowest BCUT2D eigenvalue weighted by Gasteiger charge is -2.39. The van der Waals surface area contributed by atoms with Crippen molar-refractivity contribution in [3.05, 3.63) is 34.7 Å². The minimum Gasteiger partial charge on any atom is -0.378 e. The summed E-state index contributed by atoms with van der Waals surface area (Å²) >= 11 is 3.63. The van der Waals surface area contributed by atoms with Crippen LogP contribution in [0.3, 0.4) is 0 Å². The minimum atomic E-state index is -3.52. The predicted molar refractivity (Wildman–Crippen MR) is 248 cm³/mol. The molecule has 5 rings (SSSR count). The highest BCUT2D eigenvalue weighted by Gasteiger charge is 2.33. The van der Waals surface area contributed by atoms with E-state index in [-0.39, 0.29) is 35.5 Å². The summed E-state index contributed by atoms with van der Waals surface area (Å²) in [6, 6.07) is 7.23. The first kappa shape index (κ1) is 54.5. The number of carbonyl (C=O) groups excluding carboxylic acids is 6. The third-order valence-corrected chi connectivity index (χ3v) is 14.6. The summed E-state index contributed by atoms with van der Waals surface area (Å²) in [6.07, 6.45) is 8.02. The fourth-order valence-electron chi connectivity index (χ4n) is 6.56. The number of primary amides is 1. The third kappa shape index (κ3) is 21.5. The first-order valence-corrected chi connectivity index (χ1v) is 25.9. The number of fused-ring (bicyclic) bond motifs is 1. The Kier molecular flexibility index (Phi) is 27.2. The molecule has 3 saturated heterocycles. The second-order valence-electron chi connectivity index (χ2n) is 15.5. The van der Waals surface area contributed by atoms with Crippen LogP contribution in [0.25, 0.3) is 10.1 Å². The zero-order valence-electron chi connectivity index (χ0n) is 36.9. The van der Waals surface area contributed by atoms with Gasteiger partial charge in [-0.1, -0.05) is 63.7 Å². The van der Waals surface area contributed by atoms with Crippen LogP contribution in [0.5, 0.6) is 0 Å². The molecule has 0 radical (unpaired) electrons. The number of rotatable bonds is 20. The second-order valence-corrected chi connectivity index (χ2v) is 20.9. The number of nitrogens with zero attached hydrogens (tertiary/aromatic N) is 3. The van der Waals surface area contributed by atoms with Gasteiger partial charge in [0.1, 0.15) is 6.79 Å². The summed E-state index contributed by atoms with van der Waals surface area (Å²) < 4.78 is 30.9. The summed E-state index contributed by atoms with van der Waals surface area (Å²) in [5.41, 5.74) is 6.11.